The van der Waals surface area contributed by atoms with E-state index in [1.165, 1.54) is 20.3 Å². The van der Waals surface area contributed by atoms with Crippen LogP contribution in [-0.4, -0.2) is 35.1 Å². The van der Waals surface area contributed by atoms with Crippen molar-refractivity contribution in [3.05, 3.63) is 103 Å². The highest BCUT2D eigenvalue weighted by Gasteiger charge is 2.30. The normalized spacial score (nSPS) is 10.9. The number of carbonyl (C=O) groups is 1. The lowest BCUT2D eigenvalue weighted by molar-refractivity contribution is -0.114. The van der Waals surface area contributed by atoms with E-state index in [0.717, 1.165) is 9.87 Å². The Morgan fingerprint density at radius 2 is 1.47 bits per heavy atom. The topological polar surface area (TPSA) is 94.2 Å². The standard InChI is InChI=1S/C29H28N2O6S/c1-21-12-17-27(36-3)28(18-21)38(33,34)31(23-8-7-11-26(19-23)35-2)20-29(32)30-22-13-15-25(16-14-22)37-24-9-5-4-6-10-24/h4-19H,20H2,1-3H3,(H,30,32). The van der Waals surface area contributed by atoms with E-state index in [2.05, 4.69) is 5.32 Å². The highest BCUT2D eigenvalue weighted by atomic mass is 32.2. The van der Waals surface area contributed by atoms with Crippen LogP contribution in [0.5, 0.6) is 23.0 Å². The zero-order valence-corrected chi connectivity index (χ0v) is 22.1. The molecule has 196 valence electrons. The maximum Gasteiger partial charge on any atom is 0.268 e. The van der Waals surface area contributed by atoms with Gasteiger partial charge in [0.15, 0.2) is 0 Å². The summed E-state index contributed by atoms with van der Waals surface area (Å²) < 4.78 is 45.2. The zero-order chi connectivity index (χ0) is 27.1. The van der Waals surface area contributed by atoms with Crippen molar-refractivity contribution >= 4 is 27.3 Å². The van der Waals surface area contributed by atoms with Crippen molar-refractivity contribution in [3.63, 3.8) is 0 Å². The first-order valence-corrected chi connectivity index (χ1v) is 13.2. The molecule has 0 atom stereocenters. The molecule has 0 aliphatic heterocycles. The fourth-order valence-electron chi connectivity index (χ4n) is 3.75. The minimum atomic E-state index is -4.20. The Morgan fingerprint density at radius 1 is 0.789 bits per heavy atom. The molecule has 4 rings (SSSR count). The van der Waals surface area contributed by atoms with Gasteiger partial charge in [-0.1, -0.05) is 30.3 Å². The van der Waals surface area contributed by atoms with Crippen LogP contribution in [0.15, 0.2) is 102 Å². The van der Waals surface area contributed by atoms with Crippen molar-refractivity contribution in [2.75, 3.05) is 30.4 Å². The number of para-hydroxylation sites is 1. The number of ether oxygens (including phenoxy) is 3. The van der Waals surface area contributed by atoms with Crippen LogP contribution < -0.4 is 23.8 Å². The van der Waals surface area contributed by atoms with Crippen LogP contribution >= 0.6 is 0 Å². The van der Waals surface area contributed by atoms with Gasteiger partial charge in [-0.25, -0.2) is 8.42 Å². The number of benzene rings is 4. The monoisotopic (exact) mass is 532 g/mol. The molecule has 8 nitrogen and oxygen atoms in total. The first-order chi connectivity index (χ1) is 18.3. The number of hydrogen-bond acceptors (Lipinski definition) is 6. The molecule has 4 aromatic rings. The third kappa shape index (κ3) is 6.24. The van der Waals surface area contributed by atoms with Gasteiger partial charge in [-0.2, -0.15) is 0 Å². The molecule has 0 unspecified atom stereocenters. The van der Waals surface area contributed by atoms with Crippen LogP contribution in [0.2, 0.25) is 0 Å². The van der Waals surface area contributed by atoms with Gasteiger partial charge in [-0.05, 0) is 73.2 Å². The Kier molecular flexibility index (Phi) is 8.18. The smallest absolute Gasteiger partial charge is 0.268 e. The lowest BCUT2D eigenvalue weighted by Crippen LogP contribution is -2.38. The molecule has 0 aliphatic rings. The van der Waals surface area contributed by atoms with E-state index in [9.17, 15) is 13.2 Å². The van der Waals surface area contributed by atoms with E-state index < -0.39 is 22.5 Å². The Morgan fingerprint density at radius 3 is 2.16 bits per heavy atom. The van der Waals surface area contributed by atoms with Crippen molar-refractivity contribution < 1.29 is 27.4 Å². The lowest BCUT2D eigenvalue weighted by Gasteiger charge is -2.25. The van der Waals surface area contributed by atoms with Gasteiger partial charge < -0.3 is 19.5 Å². The molecular weight excluding hydrogens is 504 g/mol. The molecule has 0 spiro atoms. The highest BCUT2D eigenvalue weighted by molar-refractivity contribution is 7.93. The number of nitrogens with one attached hydrogen (secondary N) is 1. The average molecular weight is 533 g/mol. The zero-order valence-electron chi connectivity index (χ0n) is 21.2. The molecule has 1 N–H and O–H groups in total. The largest absolute Gasteiger partial charge is 0.497 e. The molecule has 0 aromatic heterocycles. The first-order valence-electron chi connectivity index (χ1n) is 11.7. The number of nitrogens with zero attached hydrogens (tertiary/aromatic N) is 1. The number of hydrogen-bond donors (Lipinski definition) is 1. The number of rotatable bonds is 10. The second kappa shape index (κ2) is 11.7. The van der Waals surface area contributed by atoms with Crippen LogP contribution in [0, 0.1) is 6.92 Å². The van der Waals surface area contributed by atoms with Crippen molar-refractivity contribution in [2.24, 2.45) is 0 Å². The molecule has 0 radical (unpaired) electrons. The van der Waals surface area contributed by atoms with Crippen LogP contribution in [0.3, 0.4) is 0 Å². The fraction of sp³-hybridized carbons (Fsp3) is 0.138. The van der Waals surface area contributed by atoms with Crippen LogP contribution in [-0.2, 0) is 14.8 Å². The van der Waals surface area contributed by atoms with Crippen molar-refractivity contribution in [2.45, 2.75) is 11.8 Å². The van der Waals surface area contributed by atoms with Crippen LogP contribution in [0.25, 0.3) is 0 Å². The summed E-state index contributed by atoms with van der Waals surface area (Å²) in [5, 5.41) is 2.76. The van der Waals surface area contributed by atoms with Gasteiger partial charge in [0, 0.05) is 11.8 Å². The Hall–Kier alpha value is -4.50. The molecule has 1 amide bonds. The van der Waals surface area contributed by atoms with Crippen LogP contribution in [0.1, 0.15) is 5.56 Å². The fourth-order valence-corrected chi connectivity index (χ4v) is 5.40. The molecule has 0 bridgehead atoms. The summed E-state index contributed by atoms with van der Waals surface area (Å²) in [5.74, 6) is 1.39. The summed E-state index contributed by atoms with van der Waals surface area (Å²) in [6.45, 7) is 1.31. The second-order valence-electron chi connectivity index (χ2n) is 8.36. The van der Waals surface area contributed by atoms with Crippen molar-refractivity contribution in [1.29, 1.82) is 0 Å². The Labute approximate surface area is 222 Å². The SMILES string of the molecule is COc1cccc(N(CC(=O)Nc2ccc(Oc3ccccc3)cc2)S(=O)(=O)c2cc(C)ccc2OC)c1. The minimum Gasteiger partial charge on any atom is -0.497 e. The summed E-state index contributed by atoms with van der Waals surface area (Å²) in [6, 6.07) is 27.5. The quantitative estimate of drug-likeness (QED) is 0.284. The van der Waals surface area contributed by atoms with Crippen molar-refractivity contribution in [1.82, 2.24) is 0 Å². The molecule has 0 saturated carbocycles. The second-order valence-corrected chi connectivity index (χ2v) is 10.2. The predicted octanol–water partition coefficient (Wildman–Crippen LogP) is 5.64. The number of amides is 1. The molecule has 0 aliphatic carbocycles. The molecule has 0 heterocycles. The predicted molar refractivity (Wildman–Crippen MR) is 147 cm³/mol. The van der Waals surface area contributed by atoms with E-state index >= 15 is 0 Å². The van der Waals surface area contributed by atoms with E-state index in [1.807, 2.05) is 30.3 Å². The average Bonchev–Trinajstić information content (AvgIpc) is 2.93. The molecular formula is C29H28N2O6S. The number of carbonyl (C=O) groups excluding carboxylic acids is 1. The molecule has 9 heteroatoms. The first kappa shape index (κ1) is 26.6. The van der Waals surface area contributed by atoms with Crippen LogP contribution in [0.4, 0.5) is 11.4 Å². The lowest BCUT2D eigenvalue weighted by atomic mass is 10.2. The van der Waals surface area contributed by atoms with Gasteiger partial charge >= 0.3 is 0 Å². The van der Waals surface area contributed by atoms with Gasteiger partial charge in [0.1, 0.15) is 34.4 Å². The third-order valence-corrected chi connectivity index (χ3v) is 7.43. The maximum atomic E-state index is 13.9. The van der Waals surface area contributed by atoms with E-state index in [4.69, 9.17) is 14.2 Å². The number of methoxy groups -OCH3 is 2. The summed E-state index contributed by atoms with van der Waals surface area (Å²) in [5.41, 5.74) is 1.50. The van der Waals surface area contributed by atoms with E-state index in [-0.39, 0.29) is 16.3 Å². The minimum absolute atomic E-state index is 0.0435. The summed E-state index contributed by atoms with van der Waals surface area (Å²) in [7, 11) is -1.32. The van der Waals surface area contributed by atoms with Crippen molar-refractivity contribution in [3.8, 4) is 23.0 Å². The number of sulfonamides is 1. The van der Waals surface area contributed by atoms with E-state index in [1.54, 1.807) is 67.6 Å². The Bertz CT molecular complexity index is 1510. The third-order valence-electron chi connectivity index (χ3n) is 5.63. The van der Waals surface area contributed by atoms with Gasteiger partial charge in [0.2, 0.25) is 5.91 Å². The van der Waals surface area contributed by atoms with E-state index in [0.29, 0.717) is 22.9 Å². The van der Waals surface area contributed by atoms with Gasteiger partial charge in [-0.3, -0.25) is 9.10 Å². The molecule has 0 fully saturated rings. The number of aryl methyl sites for hydroxylation is 1. The highest BCUT2D eigenvalue weighted by Crippen LogP contribution is 2.32. The number of anilines is 2. The van der Waals surface area contributed by atoms with Gasteiger partial charge in [0.05, 0.1) is 19.9 Å². The summed E-state index contributed by atoms with van der Waals surface area (Å²) in [6.07, 6.45) is 0. The molecule has 4 aromatic carbocycles. The maximum absolute atomic E-state index is 13.9. The Balaban J connectivity index is 1.60. The van der Waals surface area contributed by atoms with Gasteiger partial charge in [-0.15, -0.1) is 0 Å². The molecule has 38 heavy (non-hydrogen) atoms. The molecule has 0 saturated heterocycles. The summed E-state index contributed by atoms with van der Waals surface area (Å²) >= 11 is 0. The summed E-state index contributed by atoms with van der Waals surface area (Å²) in [4.78, 5) is 13.1. The van der Waals surface area contributed by atoms with Gasteiger partial charge in [0.25, 0.3) is 10.0 Å².